The number of fused-ring (bicyclic) bond motifs is 3. The van der Waals surface area contributed by atoms with E-state index >= 15 is 0 Å². The third-order valence-corrected chi connectivity index (χ3v) is 5.28. The lowest BCUT2D eigenvalue weighted by atomic mass is 9.99. The van der Waals surface area contributed by atoms with Gasteiger partial charge in [-0.25, -0.2) is 0 Å². The third-order valence-electron chi connectivity index (χ3n) is 4.79. The molecule has 9 heteroatoms. The van der Waals surface area contributed by atoms with Crippen LogP contribution in [0.4, 0.5) is 0 Å². The van der Waals surface area contributed by atoms with Crippen LogP contribution in [0.2, 0.25) is 0 Å². The molecule has 2 aromatic heterocycles. The molecule has 1 aliphatic heterocycles. The van der Waals surface area contributed by atoms with Crippen LogP contribution in [0.15, 0.2) is 52.1 Å². The Kier molecular flexibility index (Phi) is 3.90. The van der Waals surface area contributed by atoms with Crippen molar-refractivity contribution in [3.8, 4) is 11.5 Å². The Morgan fingerprint density at radius 3 is 3.00 bits per heavy atom. The van der Waals surface area contributed by atoms with Gasteiger partial charge in [-0.15, -0.1) is 5.10 Å². The zero-order valence-electron chi connectivity index (χ0n) is 14.7. The molecule has 140 valence electrons. The van der Waals surface area contributed by atoms with Crippen LogP contribution in [0.25, 0.3) is 16.6 Å². The first-order valence-electron chi connectivity index (χ1n) is 8.55. The second-order valence-corrected chi connectivity index (χ2v) is 7.33. The maximum Gasteiger partial charge on any atom is 0.187 e. The van der Waals surface area contributed by atoms with E-state index in [-0.39, 0.29) is 11.9 Å². The molecule has 2 aromatic carbocycles. The summed E-state index contributed by atoms with van der Waals surface area (Å²) in [5, 5.41) is 27.4. The molecule has 0 saturated carbocycles. The maximum atomic E-state index is 10.2. The van der Waals surface area contributed by atoms with E-state index in [2.05, 4.69) is 36.6 Å². The number of phenolic OH excluding ortho intramolecular Hbond substituents is 1. The van der Waals surface area contributed by atoms with E-state index in [1.54, 1.807) is 23.8 Å². The normalized spacial score (nSPS) is 16.4. The van der Waals surface area contributed by atoms with Crippen molar-refractivity contribution in [3.63, 3.8) is 0 Å². The molecule has 0 fully saturated rings. The molecular weight excluding hydrogens is 426 g/mol. The number of rotatable bonds is 3. The molecule has 0 spiro atoms. The van der Waals surface area contributed by atoms with Gasteiger partial charge in [-0.1, -0.05) is 33.2 Å². The van der Waals surface area contributed by atoms with E-state index in [1.165, 1.54) is 0 Å². The molecule has 0 bridgehead atoms. The van der Waals surface area contributed by atoms with E-state index in [0.29, 0.717) is 29.1 Å². The van der Waals surface area contributed by atoms with Crippen molar-refractivity contribution in [1.82, 2.24) is 20.0 Å². The molecule has 3 heterocycles. The minimum Gasteiger partial charge on any atom is -0.507 e. The van der Waals surface area contributed by atoms with Crippen LogP contribution in [0.5, 0.6) is 11.5 Å². The van der Waals surface area contributed by atoms with E-state index in [4.69, 9.17) is 9.57 Å². The first kappa shape index (κ1) is 16.9. The number of tetrazole rings is 1. The lowest BCUT2D eigenvalue weighted by Gasteiger charge is -2.12. The smallest absolute Gasteiger partial charge is 0.187 e. The summed E-state index contributed by atoms with van der Waals surface area (Å²) in [4.78, 5) is 5.71. The van der Waals surface area contributed by atoms with Gasteiger partial charge in [0.1, 0.15) is 17.0 Å². The summed E-state index contributed by atoms with van der Waals surface area (Å²) < 4.78 is 7.98. The van der Waals surface area contributed by atoms with E-state index in [0.717, 1.165) is 20.9 Å². The van der Waals surface area contributed by atoms with Crippen LogP contribution in [0, 0.1) is 0 Å². The quantitative estimate of drug-likeness (QED) is 0.523. The van der Waals surface area contributed by atoms with E-state index < -0.39 is 0 Å². The van der Waals surface area contributed by atoms with Crippen molar-refractivity contribution in [2.24, 2.45) is 5.16 Å². The van der Waals surface area contributed by atoms with Crippen molar-refractivity contribution < 1.29 is 14.7 Å². The number of hydrogen-bond acceptors (Lipinski definition) is 7. The summed E-state index contributed by atoms with van der Waals surface area (Å²) in [5.41, 5.74) is 3.49. The van der Waals surface area contributed by atoms with Gasteiger partial charge in [0.15, 0.2) is 11.8 Å². The fraction of sp³-hybridized carbons (Fsp3) is 0.158. The molecule has 1 N–H and O–H groups in total. The number of benzene rings is 2. The first-order valence-corrected chi connectivity index (χ1v) is 9.34. The molecule has 4 aromatic rings. The lowest BCUT2D eigenvalue weighted by molar-refractivity contribution is 0.0865. The Morgan fingerprint density at radius 2 is 2.14 bits per heavy atom. The number of aromatic nitrogens is 4. The Morgan fingerprint density at radius 1 is 1.25 bits per heavy atom. The van der Waals surface area contributed by atoms with Crippen LogP contribution in [-0.4, -0.2) is 38.0 Å². The summed E-state index contributed by atoms with van der Waals surface area (Å²) >= 11 is 3.42. The zero-order valence-corrected chi connectivity index (χ0v) is 16.3. The van der Waals surface area contributed by atoms with Crippen LogP contribution in [0.3, 0.4) is 0 Å². The largest absolute Gasteiger partial charge is 0.507 e. The van der Waals surface area contributed by atoms with Gasteiger partial charge in [-0.3, -0.25) is 0 Å². The molecule has 0 amide bonds. The molecule has 0 aliphatic carbocycles. The second-order valence-electron chi connectivity index (χ2n) is 6.41. The highest BCUT2D eigenvalue weighted by Gasteiger charge is 2.29. The number of pyridine rings is 1. The van der Waals surface area contributed by atoms with Crippen LogP contribution in [-0.2, 0) is 4.84 Å². The van der Waals surface area contributed by atoms with Crippen LogP contribution >= 0.6 is 15.9 Å². The second kappa shape index (κ2) is 6.45. The van der Waals surface area contributed by atoms with Gasteiger partial charge in [0, 0.05) is 27.4 Å². The lowest BCUT2D eigenvalue weighted by Crippen LogP contribution is -2.05. The minimum absolute atomic E-state index is 0.156. The van der Waals surface area contributed by atoms with Crippen molar-refractivity contribution in [1.29, 1.82) is 0 Å². The highest BCUT2D eigenvalue weighted by molar-refractivity contribution is 9.10. The summed E-state index contributed by atoms with van der Waals surface area (Å²) in [5.74, 6) is 0.841. The summed E-state index contributed by atoms with van der Waals surface area (Å²) in [7, 11) is 1.61. The Labute approximate surface area is 167 Å². The van der Waals surface area contributed by atoms with E-state index in [9.17, 15) is 5.11 Å². The van der Waals surface area contributed by atoms with Gasteiger partial charge in [0.2, 0.25) is 0 Å². The number of nitrogens with zero attached hydrogens (tertiary/aromatic N) is 5. The first-order chi connectivity index (χ1) is 13.7. The fourth-order valence-corrected chi connectivity index (χ4v) is 3.84. The SMILES string of the molecule is COc1cccc2cc(C3CC(c4cc(Br)ccc4O)=NO3)c3nnnn3c12. The number of methoxy groups -OCH3 is 1. The zero-order chi connectivity index (χ0) is 19.3. The number of aromatic hydroxyl groups is 1. The number of hydrogen-bond donors (Lipinski definition) is 1. The highest BCUT2D eigenvalue weighted by atomic mass is 79.9. The standard InChI is InChI=1S/C19H14BrN5O3/c1-27-16-4-2-3-10-7-13(19-21-23-24-25(19)18(10)16)17-9-14(22-28-17)12-8-11(20)5-6-15(12)26/h2-8,17,26H,9H2,1H3. The molecular formula is C19H14BrN5O3. The number of para-hydroxylation sites is 1. The molecule has 5 rings (SSSR count). The van der Waals surface area contributed by atoms with Crippen molar-refractivity contribution >= 4 is 38.2 Å². The van der Waals surface area contributed by atoms with Gasteiger partial charge >= 0.3 is 0 Å². The highest BCUT2D eigenvalue weighted by Crippen LogP contribution is 2.37. The maximum absolute atomic E-state index is 10.2. The van der Waals surface area contributed by atoms with Gasteiger partial charge in [-0.2, -0.15) is 4.52 Å². The molecule has 1 atom stereocenters. The van der Waals surface area contributed by atoms with Crippen molar-refractivity contribution in [2.75, 3.05) is 7.11 Å². The number of phenols is 1. The van der Waals surface area contributed by atoms with Crippen molar-refractivity contribution in [3.05, 3.63) is 58.1 Å². The number of ether oxygens (including phenoxy) is 1. The molecule has 8 nitrogen and oxygen atoms in total. The molecule has 0 saturated heterocycles. The molecule has 28 heavy (non-hydrogen) atoms. The fourth-order valence-electron chi connectivity index (χ4n) is 3.48. The van der Waals surface area contributed by atoms with Gasteiger partial charge in [0.05, 0.1) is 12.8 Å². The Bertz CT molecular complexity index is 1250. The molecule has 1 unspecified atom stereocenters. The third kappa shape index (κ3) is 2.58. The summed E-state index contributed by atoms with van der Waals surface area (Å²) in [6, 6.07) is 13.0. The molecule has 1 aliphatic rings. The average molecular weight is 440 g/mol. The topological polar surface area (TPSA) is 94.1 Å². The average Bonchev–Trinajstić information content (AvgIpc) is 3.38. The number of halogens is 1. The van der Waals surface area contributed by atoms with Gasteiger partial charge < -0.3 is 14.7 Å². The molecule has 0 radical (unpaired) electrons. The van der Waals surface area contributed by atoms with Crippen LogP contribution < -0.4 is 4.74 Å². The van der Waals surface area contributed by atoms with E-state index in [1.807, 2.05) is 30.3 Å². The Hall–Kier alpha value is -3.20. The summed E-state index contributed by atoms with van der Waals surface area (Å²) in [6.07, 6.45) is 0.125. The van der Waals surface area contributed by atoms with Crippen molar-refractivity contribution in [2.45, 2.75) is 12.5 Å². The van der Waals surface area contributed by atoms with Crippen LogP contribution in [0.1, 0.15) is 23.7 Å². The minimum atomic E-state index is -0.363. The van der Waals surface area contributed by atoms with Gasteiger partial charge in [0.25, 0.3) is 0 Å². The number of oxime groups is 1. The Balaban J connectivity index is 1.59. The summed E-state index contributed by atoms with van der Waals surface area (Å²) in [6.45, 7) is 0. The predicted octanol–water partition coefficient (Wildman–Crippen LogP) is 3.62. The monoisotopic (exact) mass is 439 g/mol. The van der Waals surface area contributed by atoms with Gasteiger partial charge in [-0.05, 0) is 40.8 Å². The predicted molar refractivity (Wildman–Crippen MR) is 106 cm³/mol.